The first-order chi connectivity index (χ1) is 9.08. The molecule has 2 aromatic rings. The Morgan fingerprint density at radius 1 is 1.32 bits per heavy atom. The topological polar surface area (TPSA) is 71.2 Å². The molecule has 0 saturated heterocycles. The van der Waals surface area contributed by atoms with Gasteiger partial charge in [0, 0.05) is 12.7 Å². The zero-order valence-electron chi connectivity index (χ0n) is 10.9. The highest BCUT2D eigenvalue weighted by Gasteiger charge is 2.14. The Balaban J connectivity index is 2.24. The second-order valence-corrected chi connectivity index (χ2v) is 4.31. The number of aliphatic carboxylic acids is 1. The summed E-state index contributed by atoms with van der Waals surface area (Å²) in [5.74, 6) is 0.670. The first-order valence-electron chi connectivity index (χ1n) is 5.94. The molecule has 0 aliphatic heterocycles. The first-order valence-corrected chi connectivity index (χ1v) is 5.94. The number of hydrogen-bond donors (Lipinski definition) is 1. The van der Waals surface area contributed by atoms with E-state index in [1.807, 2.05) is 48.9 Å². The summed E-state index contributed by atoms with van der Waals surface area (Å²) in [5, 5.41) is 17.1. The van der Waals surface area contributed by atoms with Gasteiger partial charge in [0.15, 0.2) is 5.82 Å². The van der Waals surface area contributed by atoms with E-state index in [0.717, 1.165) is 17.3 Å². The predicted molar refractivity (Wildman–Crippen MR) is 70.9 cm³/mol. The number of para-hydroxylation sites is 1. The standard InChI is InChI=1S/C13H16N4O2/c1-10-14-15-12(16(10)2)8-17(9-13(18)19)11-6-4-3-5-7-11/h3-7H,8-9H2,1-2H3,(H,18,19). The molecule has 0 atom stereocenters. The molecular weight excluding hydrogens is 244 g/mol. The molecule has 0 aliphatic carbocycles. The Morgan fingerprint density at radius 2 is 2.00 bits per heavy atom. The van der Waals surface area contributed by atoms with Crippen LogP contribution in [-0.4, -0.2) is 32.4 Å². The lowest BCUT2D eigenvalue weighted by Gasteiger charge is -2.22. The molecule has 2 rings (SSSR count). The van der Waals surface area contributed by atoms with Crippen LogP contribution in [0, 0.1) is 6.92 Å². The summed E-state index contributed by atoms with van der Waals surface area (Å²) in [6.45, 7) is 2.20. The number of anilines is 1. The molecule has 0 saturated carbocycles. The number of hydrogen-bond acceptors (Lipinski definition) is 4. The smallest absolute Gasteiger partial charge is 0.323 e. The van der Waals surface area contributed by atoms with Gasteiger partial charge in [0.05, 0.1) is 6.54 Å². The van der Waals surface area contributed by atoms with Crippen molar-refractivity contribution in [1.29, 1.82) is 0 Å². The fourth-order valence-electron chi connectivity index (χ4n) is 1.80. The Labute approximate surface area is 111 Å². The van der Waals surface area contributed by atoms with E-state index in [1.54, 1.807) is 4.90 Å². The van der Waals surface area contributed by atoms with E-state index in [9.17, 15) is 4.79 Å². The van der Waals surface area contributed by atoms with Crippen molar-refractivity contribution < 1.29 is 9.90 Å². The minimum absolute atomic E-state index is 0.0735. The molecular formula is C13H16N4O2. The average Bonchev–Trinajstić information content (AvgIpc) is 2.70. The molecule has 0 amide bonds. The normalized spacial score (nSPS) is 10.4. The van der Waals surface area contributed by atoms with Crippen LogP contribution in [0.2, 0.25) is 0 Å². The van der Waals surface area contributed by atoms with Crippen LogP contribution >= 0.6 is 0 Å². The molecule has 0 unspecified atom stereocenters. The maximum atomic E-state index is 11.0. The number of carboxylic acids is 1. The van der Waals surface area contributed by atoms with Crippen LogP contribution in [0.5, 0.6) is 0 Å². The van der Waals surface area contributed by atoms with Gasteiger partial charge in [-0.25, -0.2) is 0 Å². The number of benzene rings is 1. The minimum Gasteiger partial charge on any atom is -0.480 e. The van der Waals surface area contributed by atoms with Crippen LogP contribution in [-0.2, 0) is 18.4 Å². The predicted octanol–water partition coefficient (Wildman–Crippen LogP) is 1.21. The van der Waals surface area contributed by atoms with E-state index in [1.165, 1.54) is 0 Å². The van der Waals surface area contributed by atoms with Crippen molar-refractivity contribution in [2.75, 3.05) is 11.4 Å². The van der Waals surface area contributed by atoms with Gasteiger partial charge < -0.3 is 14.6 Å². The lowest BCUT2D eigenvalue weighted by atomic mass is 10.3. The summed E-state index contributed by atoms with van der Waals surface area (Å²) in [5.41, 5.74) is 0.852. The number of rotatable bonds is 5. The van der Waals surface area contributed by atoms with Crippen LogP contribution in [0.1, 0.15) is 11.6 Å². The molecule has 0 fully saturated rings. The molecule has 6 nitrogen and oxygen atoms in total. The van der Waals surface area contributed by atoms with Crippen molar-refractivity contribution in [3.8, 4) is 0 Å². The number of carboxylic acid groups (broad SMARTS) is 1. The zero-order chi connectivity index (χ0) is 13.8. The van der Waals surface area contributed by atoms with Crippen LogP contribution in [0.15, 0.2) is 30.3 Å². The summed E-state index contributed by atoms with van der Waals surface area (Å²) < 4.78 is 1.86. The number of aromatic nitrogens is 3. The summed E-state index contributed by atoms with van der Waals surface area (Å²) in [7, 11) is 1.87. The largest absolute Gasteiger partial charge is 0.480 e. The lowest BCUT2D eigenvalue weighted by molar-refractivity contribution is -0.135. The lowest BCUT2D eigenvalue weighted by Crippen LogP contribution is -2.30. The van der Waals surface area contributed by atoms with Gasteiger partial charge in [0.25, 0.3) is 0 Å². The summed E-state index contributed by atoms with van der Waals surface area (Å²) >= 11 is 0. The number of aryl methyl sites for hydroxylation is 1. The fourth-order valence-corrected chi connectivity index (χ4v) is 1.80. The third-order valence-corrected chi connectivity index (χ3v) is 2.96. The Kier molecular flexibility index (Phi) is 3.79. The molecule has 19 heavy (non-hydrogen) atoms. The van der Waals surface area contributed by atoms with Gasteiger partial charge in [-0.1, -0.05) is 18.2 Å². The maximum Gasteiger partial charge on any atom is 0.323 e. The van der Waals surface area contributed by atoms with Crippen LogP contribution < -0.4 is 4.90 Å². The Morgan fingerprint density at radius 3 is 2.53 bits per heavy atom. The van der Waals surface area contributed by atoms with Gasteiger partial charge >= 0.3 is 5.97 Å². The average molecular weight is 260 g/mol. The monoisotopic (exact) mass is 260 g/mol. The van der Waals surface area contributed by atoms with E-state index >= 15 is 0 Å². The summed E-state index contributed by atoms with van der Waals surface area (Å²) in [6, 6.07) is 9.42. The van der Waals surface area contributed by atoms with Crippen molar-refractivity contribution in [3.63, 3.8) is 0 Å². The molecule has 0 spiro atoms. The van der Waals surface area contributed by atoms with Crippen molar-refractivity contribution in [1.82, 2.24) is 14.8 Å². The second kappa shape index (κ2) is 5.51. The highest BCUT2D eigenvalue weighted by atomic mass is 16.4. The highest BCUT2D eigenvalue weighted by molar-refractivity contribution is 5.73. The SMILES string of the molecule is Cc1nnc(CN(CC(=O)O)c2ccccc2)n1C. The van der Waals surface area contributed by atoms with E-state index in [0.29, 0.717) is 6.54 Å². The number of nitrogens with zero attached hydrogens (tertiary/aromatic N) is 4. The number of carbonyl (C=O) groups is 1. The maximum absolute atomic E-state index is 11.0. The van der Waals surface area contributed by atoms with Crippen LogP contribution in [0.25, 0.3) is 0 Å². The quantitative estimate of drug-likeness (QED) is 0.875. The molecule has 0 bridgehead atoms. The third-order valence-electron chi connectivity index (χ3n) is 2.96. The van der Waals surface area contributed by atoms with Crippen LogP contribution in [0.3, 0.4) is 0 Å². The van der Waals surface area contributed by atoms with Gasteiger partial charge in [-0.15, -0.1) is 10.2 Å². The Bertz CT molecular complexity index is 565. The van der Waals surface area contributed by atoms with Gasteiger partial charge in [-0.05, 0) is 19.1 Å². The first kappa shape index (κ1) is 13.1. The second-order valence-electron chi connectivity index (χ2n) is 4.31. The molecule has 0 aliphatic rings. The molecule has 6 heteroatoms. The van der Waals surface area contributed by atoms with Gasteiger partial charge in [-0.2, -0.15) is 0 Å². The van der Waals surface area contributed by atoms with Gasteiger partial charge in [-0.3, -0.25) is 4.79 Å². The van der Waals surface area contributed by atoms with Crippen molar-refractivity contribution in [3.05, 3.63) is 42.0 Å². The van der Waals surface area contributed by atoms with Crippen molar-refractivity contribution in [2.45, 2.75) is 13.5 Å². The highest BCUT2D eigenvalue weighted by Crippen LogP contribution is 2.15. The third kappa shape index (κ3) is 3.09. The van der Waals surface area contributed by atoms with Gasteiger partial charge in [0.1, 0.15) is 12.4 Å². The molecule has 0 radical (unpaired) electrons. The van der Waals surface area contributed by atoms with E-state index in [2.05, 4.69) is 10.2 Å². The summed E-state index contributed by atoms with van der Waals surface area (Å²) in [6.07, 6.45) is 0. The van der Waals surface area contributed by atoms with Crippen LogP contribution in [0.4, 0.5) is 5.69 Å². The van der Waals surface area contributed by atoms with Crippen molar-refractivity contribution >= 4 is 11.7 Å². The van der Waals surface area contributed by atoms with E-state index < -0.39 is 5.97 Å². The van der Waals surface area contributed by atoms with Crippen molar-refractivity contribution in [2.24, 2.45) is 7.05 Å². The van der Waals surface area contributed by atoms with E-state index in [4.69, 9.17) is 5.11 Å². The minimum atomic E-state index is -0.872. The fraction of sp³-hybridized carbons (Fsp3) is 0.308. The molecule has 1 aromatic carbocycles. The Hall–Kier alpha value is -2.37. The molecule has 1 heterocycles. The zero-order valence-corrected chi connectivity index (χ0v) is 10.9. The summed E-state index contributed by atoms with van der Waals surface area (Å²) in [4.78, 5) is 12.7. The van der Waals surface area contributed by atoms with Gasteiger partial charge in [0.2, 0.25) is 0 Å². The molecule has 1 N–H and O–H groups in total. The molecule has 100 valence electrons. The molecule has 1 aromatic heterocycles. The van der Waals surface area contributed by atoms with E-state index in [-0.39, 0.29) is 6.54 Å².